The summed E-state index contributed by atoms with van der Waals surface area (Å²) >= 11 is 0. The Labute approximate surface area is 221 Å². The standard InChI is InChI=1S/C27H30N4O6S/c1-17-13-27(2,3)31(14-17)26-24(25(28)32)21(11-12-29-26)38(33,34)23-10-6-9-22(30-23)36-16-18-15-35-19-7-4-5-8-20(19)37-18/h4-12,17-18H,13-16H2,1-3H3,(H2,28,32). The molecule has 0 radical (unpaired) electrons. The van der Waals surface area contributed by atoms with Crippen LogP contribution in [0, 0.1) is 5.92 Å². The van der Waals surface area contributed by atoms with E-state index in [9.17, 15) is 13.2 Å². The highest BCUT2D eigenvalue weighted by Gasteiger charge is 2.40. The Morgan fingerprint density at radius 3 is 2.63 bits per heavy atom. The van der Waals surface area contributed by atoms with Gasteiger partial charge in [-0.05, 0) is 50.5 Å². The molecular formula is C27H30N4O6S. The Kier molecular flexibility index (Phi) is 6.64. The lowest BCUT2D eigenvalue weighted by Crippen LogP contribution is -2.40. The highest BCUT2D eigenvalue weighted by atomic mass is 32.2. The number of rotatable bonds is 7. The van der Waals surface area contributed by atoms with Crippen LogP contribution in [0.3, 0.4) is 0 Å². The van der Waals surface area contributed by atoms with E-state index < -0.39 is 21.8 Å². The number of para-hydroxylation sites is 2. The van der Waals surface area contributed by atoms with Crippen molar-refractivity contribution in [1.82, 2.24) is 9.97 Å². The van der Waals surface area contributed by atoms with Gasteiger partial charge in [-0.3, -0.25) is 4.79 Å². The van der Waals surface area contributed by atoms with Crippen molar-refractivity contribution in [3.05, 3.63) is 60.3 Å². The molecule has 0 spiro atoms. The average Bonchev–Trinajstić information content (AvgIpc) is 3.18. The lowest BCUT2D eigenvalue weighted by Gasteiger charge is -2.33. The van der Waals surface area contributed by atoms with Crippen LogP contribution in [0.5, 0.6) is 17.4 Å². The number of sulfone groups is 1. The first-order valence-corrected chi connectivity index (χ1v) is 13.8. The zero-order chi connectivity index (χ0) is 27.1. The van der Waals surface area contributed by atoms with Gasteiger partial charge in [0.2, 0.25) is 15.7 Å². The van der Waals surface area contributed by atoms with E-state index in [4.69, 9.17) is 19.9 Å². The first kappa shape index (κ1) is 25.8. The van der Waals surface area contributed by atoms with Crippen molar-refractivity contribution in [2.75, 3.05) is 24.7 Å². The van der Waals surface area contributed by atoms with E-state index in [0.29, 0.717) is 24.0 Å². The van der Waals surface area contributed by atoms with Gasteiger partial charge in [-0.15, -0.1) is 0 Å². The molecule has 1 saturated heterocycles. The largest absolute Gasteiger partial charge is 0.486 e. The Bertz CT molecular complexity index is 1480. The molecule has 5 rings (SSSR count). The van der Waals surface area contributed by atoms with E-state index >= 15 is 0 Å². The molecule has 2 aliphatic heterocycles. The molecule has 2 unspecified atom stereocenters. The lowest BCUT2D eigenvalue weighted by molar-refractivity contribution is 0.0520. The molecule has 1 amide bonds. The highest BCUT2D eigenvalue weighted by Crippen LogP contribution is 2.39. The Morgan fingerprint density at radius 2 is 1.92 bits per heavy atom. The van der Waals surface area contributed by atoms with Gasteiger partial charge in [0.25, 0.3) is 5.91 Å². The van der Waals surface area contributed by atoms with Crippen LogP contribution in [-0.4, -0.2) is 55.7 Å². The van der Waals surface area contributed by atoms with Crippen molar-refractivity contribution in [2.24, 2.45) is 11.7 Å². The summed E-state index contributed by atoms with van der Waals surface area (Å²) in [5, 5.41) is -0.269. The number of ether oxygens (including phenoxy) is 3. The number of hydrogen-bond acceptors (Lipinski definition) is 9. The number of aromatic nitrogens is 2. The second-order valence-corrected chi connectivity index (χ2v) is 12.1. The highest BCUT2D eigenvalue weighted by molar-refractivity contribution is 7.91. The number of pyridine rings is 2. The molecule has 2 atom stereocenters. The fraction of sp³-hybridized carbons (Fsp3) is 0.370. The third-order valence-corrected chi connectivity index (χ3v) is 8.41. The zero-order valence-electron chi connectivity index (χ0n) is 21.5. The quantitative estimate of drug-likeness (QED) is 0.481. The maximum absolute atomic E-state index is 13.7. The van der Waals surface area contributed by atoms with Gasteiger partial charge in [0.05, 0.1) is 4.90 Å². The number of hydrogen-bond donors (Lipinski definition) is 1. The lowest BCUT2D eigenvalue weighted by atomic mass is 9.97. The molecule has 1 fully saturated rings. The first-order valence-electron chi connectivity index (χ1n) is 12.4. The number of nitrogens with zero attached hydrogens (tertiary/aromatic N) is 3. The Morgan fingerprint density at radius 1 is 1.16 bits per heavy atom. The normalized spacial score (nSPS) is 20.2. The maximum Gasteiger partial charge on any atom is 0.253 e. The molecule has 38 heavy (non-hydrogen) atoms. The first-order chi connectivity index (χ1) is 18.1. The molecule has 0 aliphatic carbocycles. The number of nitrogens with two attached hydrogens (primary N) is 1. The number of amides is 1. The van der Waals surface area contributed by atoms with Crippen LogP contribution < -0.4 is 24.8 Å². The van der Waals surface area contributed by atoms with Gasteiger partial charge >= 0.3 is 0 Å². The van der Waals surface area contributed by atoms with E-state index in [1.165, 1.54) is 24.4 Å². The van der Waals surface area contributed by atoms with Crippen LogP contribution in [0.2, 0.25) is 0 Å². The summed E-state index contributed by atoms with van der Waals surface area (Å²) in [4.78, 5) is 22.9. The number of carbonyl (C=O) groups is 1. The van der Waals surface area contributed by atoms with Gasteiger partial charge in [0.1, 0.15) is 24.6 Å². The minimum absolute atomic E-state index is 0.0953. The smallest absolute Gasteiger partial charge is 0.253 e. The fourth-order valence-electron chi connectivity index (χ4n) is 5.12. The molecule has 3 aromatic rings. The van der Waals surface area contributed by atoms with E-state index in [-0.39, 0.29) is 45.9 Å². The second kappa shape index (κ2) is 9.79. The monoisotopic (exact) mass is 538 g/mol. The van der Waals surface area contributed by atoms with Gasteiger partial charge in [0.15, 0.2) is 22.6 Å². The van der Waals surface area contributed by atoms with Crippen LogP contribution in [-0.2, 0) is 9.84 Å². The minimum atomic E-state index is -4.24. The SMILES string of the molecule is CC1CN(c2nccc(S(=O)(=O)c3cccc(OCC4COc5ccccc5O4)n3)c2C(N)=O)C(C)(C)C1. The molecule has 11 heteroatoms. The summed E-state index contributed by atoms with van der Waals surface area (Å²) in [6, 6.07) is 13.0. The van der Waals surface area contributed by atoms with Gasteiger partial charge < -0.3 is 24.8 Å². The number of benzene rings is 1. The van der Waals surface area contributed by atoms with Crippen molar-refractivity contribution < 1.29 is 27.4 Å². The van der Waals surface area contributed by atoms with E-state index in [0.717, 1.165) is 6.42 Å². The van der Waals surface area contributed by atoms with Crippen molar-refractivity contribution in [1.29, 1.82) is 0 Å². The molecule has 2 N–H and O–H groups in total. The predicted octanol–water partition coefficient (Wildman–Crippen LogP) is 3.25. The van der Waals surface area contributed by atoms with Gasteiger partial charge in [0, 0.05) is 24.3 Å². The van der Waals surface area contributed by atoms with Crippen LogP contribution in [0.25, 0.3) is 0 Å². The van der Waals surface area contributed by atoms with Crippen molar-refractivity contribution in [3.63, 3.8) is 0 Å². The molecule has 0 bridgehead atoms. The van der Waals surface area contributed by atoms with Crippen molar-refractivity contribution >= 4 is 21.6 Å². The zero-order valence-corrected chi connectivity index (χ0v) is 22.3. The number of anilines is 1. The second-order valence-electron chi connectivity index (χ2n) is 10.2. The average molecular weight is 539 g/mol. The summed E-state index contributed by atoms with van der Waals surface area (Å²) in [7, 11) is -4.24. The minimum Gasteiger partial charge on any atom is -0.486 e. The number of fused-ring (bicyclic) bond motifs is 1. The summed E-state index contributed by atoms with van der Waals surface area (Å²) in [5.41, 5.74) is 5.27. The molecular weight excluding hydrogens is 508 g/mol. The Balaban J connectivity index is 1.41. The van der Waals surface area contributed by atoms with Gasteiger partial charge in [-0.25, -0.2) is 18.4 Å². The molecule has 4 heterocycles. The molecule has 1 aromatic carbocycles. The molecule has 10 nitrogen and oxygen atoms in total. The number of primary amides is 1. The predicted molar refractivity (Wildman–Crippen MR) is 139 cm³/mol. The van der Waals surface area contributed by atoms with Crippen LogP contribution in [0.15, 0.2) is 64.6 Å². The molecule has 200 valence electrons. The van der Waals surface area contributed by atoms with E-state index in [2.05, 4.69) is 16.9 Å². The van der Waals surface area contributed by atoms with Crippen LogP contribution >= 0.6 is 0 Å². The Hall–Kier alpha value is -3.86. The van der Waals surface area contributed by atoms with Crippen LogP contribution in [0.1, 0.15) is 37.6 Å². The number of carbonyl (C=O) groups excluding carboxylic acids is 1. The summed E-state index contributed by atoms with van der Waals surface area (Å²) in [6.45, 7) is 7.17. The van der Waals surface area contributed by atoms with Crippen molar-refractivity contribution in [2.45, 2.75) is 48.8 Å². The molecule has 2 aromatic heterocycles. The molecule has 2 aliphatic rings. The topological polar surface area (TPSA) is 134 Å². The van der Waals surface area contributed by atoms with E-state index in [1.54, 1.807) is 12.1 Å². The van der Waals surface area contributed by atoms with E-state index in [1.807, 2.05) is 36.9 Å². The fourth-order valence-corrected chi connectivity index (χ4v) is 6.51. The summed E-state index contributed by atoms with van der Waals surface area (Å²) < 4.78 is 44.8. The van der Waals surface area contributed by atoms with Gasteiger partial charge in [-0.1, -0.05) is 25.1 Å². The molecule has 0 saturated carbocycles. The summed E-state index contributed by atoms with van der Waals surface area (Å²) in [5.74, 6) is 1.09. The maximum atomic E-state index is 13.7. The van der Waals surface area contributed by atoms with Crippen LogP contribution in [0.4, 0.5) is 5.82 Å². The van der Waals surface area contributed by atoms with Crippen molar-refractivity contribution in [3.8, 4) is 17.4 Å². The third kappa shape index (κ3) is 4.85. The summed E-state index contributed by atoms with van der Waals surface area (Å²) in [6.07, 6.45) is 1.85. The van der Waals surface area contributed by atoms with Gasteiger partial charge in [-0.2, -0.15) is 0 Å². The third-order valence-electron chi connectivity index (χ3n) is 6.72.